The topological polar surface area (TPSA) is 107 Å². The lowest BCUT2D eigenvalue weighted by molar-refractivity contribution is -0.152. The van der Waals surface area contributed by atoms with Gasteiger partial charge in [0, 0.05) is 6.54 Å². The van der Waals surface area contributed by atoms with Gasteiger partial charge in [0.1, 0.15) is 0 Å². The molecule has 6 heteroatoms. The maximum absolute atomic E-state index is 10.8. The van der Waals surface area contributed by atoms with E-state index >= 15 is 0 Å². The number of hydrogen-bond acceptors (Lipinski definition) is 4. The first kappa shape index (κ1) is 11.9. The minimum absolute atomic E-state index is 0.0137. The smallest absolute Gasteiger partial charge is 0.307 e. The molecule has 2 unspecified atom stereocenters. The zero-order valence-corrected chi connectivity index (χ0v) is 8.43. The van der Waals surface area contributed by atoms with Crippen molar-refractivity contribution in [3.63, 3.8) is 0 Å². The van der Waals surface area contributed by atoms with Gasteiger partial charge in [0.2, 0.25) is 0 Å². The first-order valence-corrected chi connectivity index (χ1v) is 4.72. The van der Waals surface area contributed by atoms with Crippen molar-refractivity contribution in [3.8, 4) is 0 Å². The molecule has 1 aliphatic rings. The van der Waals surface area contributed by atoms with Crippen LogP contribution in [0.2, 0.25) is 0 Å². The van der Waals surface area contributed by atoms with Gasteiger partial charge in [0.05, 0.1) is 17.4 Å². The summed E-state index contributed by atoms with van der Waals surface area (Å²) in [6.07, 6.45) is -0.0275. The lowest BCUT2D eigenvalue weighted by atomic mass is 9.97. The molecular weight excluding hydrogens is 202 g/mol. The summed E-state index contributed by atoms with van der Waals surface area (Å²) in [6.45, 7) is 0.209. The minimum atomic E-state index is -1.22. The highest BCUT2D eigenvalue weighted by molar-refractivity contribution is 5.81. The van der Waals surface area contributed by atoms with Crippen molar-refractivity contribution in [1.29, 1.82) is 0 Å². The Balaban J connectivity index is 2.81. The zero-order chi connectivity index (χ0) is 11.6. The monoisotopic (exact) mass is 217 g/mol. The Morgan fingerprint density at radius 3 is 1.93 bits per heavy atom. The van der Waals surface area contributed by atoms with Crippen LogP contribution in [-0.2, 0) is 9.59 Å². The van der Waals surface area contributed by atoms with Crippen molar-refractivity contribution in [2.75, 3.05) is 13.6 Å². The average Bonchev–Trinajstić information content (AvgIpc) is 2.44. The molecule has 4 N–H and O–H groups in total. The molecular formula is C9H15NO5. The molecule has 0 aromatic heterocycles. The van der Waals surface area contributed by atoms with Crippen LogP contribution < -0.4 is 5.32 Å². The highest BCUT2D eigenvalue weighted by Gasteiger charge is 2.50. The van der Waals surface area contributed by atoms with Crippen LogP contribution in [-0.4, -0.2) is 46.5 Å². The van der Waals surface area contributed by atoms with Gasteiger partial charge in [-0.1, -0.05) is 0 Å². The third-order valence-corrected chi connectivity index (χ3v) is 2.83. The number of aliphatic carboxylic acids is 2. The summed E-state index contributed by atoms with van der Waals surface area (Å²) in [5.74, 6) is -4.31. The van der Waals surface area contributed by atoms with Gasteiger partial charge >= 0.3 is 11.9 Å². The van der Waals surface area contributed by atoms with E-state index in [1.54, 1.807) is 7.05 Å². The molecule has 0 aromatic rings. The van der Waals surface area contributed by atoms with Gasteiger partial charge in [0.25, 0.3) is 0 Å². The molecule has 1 rings (SSSR count). The van der Waals surface area contributed by atoms with Crippen molar-refractivity contribution >= 4 is 11.9 Å². The number of rotatable bonds is 4. The second-order valence-corrected chi connectivity index (χ2v) is 4.05. The van der Waals surface area contributed by atoms with Crippen LogP contribution in [0.25, 0.3) is 0 Å². The van der Waals surface area contributed by atoms with Gasteiger partial charge in [0.15, 0.2) is 0 Å². The molecule has 2 atom stereocenters. The van der Waals surface area contributed by atoms with Crippen LogP contribution in [0.3, 0.4) is 0 Å². The van der Waals surface area contributed by atoms with Crippen LogP contribution in [0.4, 0.5) is 0 Å². The van der Waals surface area contributed by atoms with Crippen molar-refractivity contribution in [1.82, 2.24) is 5.32 Å². The van der Waals surface area contributed by atoms with E-state index in [-0.39, 0.29) is 19.4 Å². The van der Waals surface area contributed by atoms with E-state index in [4.69, 9.17) is 10.2 Å². The third-order valence-electron chi connectivity index (χ3n) is 2.83. The second-order valence-electron chi connectivity index (χ2n) is 4.05. The van der Waals surface area contributed by atoms with E-state index in [9.17, 15) is 14.7 Å². The van der Waals surface area contributed by atoms with Gasteiger partial charge in [-0.05, 0) is 19.9 Å². The van der Waals surface area contributed by atoms with E-state index < -0.39 is 29.4 Å². The van der Waals surface area contributed by atoms with Crippen LogP contribution in [0.15, 0.2) is 0 Å². The minimum Gasteiger partial charge on any atom is -0.481 e. The molecule has 15 heavy (non-hydrogen) atoms. The molecule has 0 heterocycles. The van der Waals surface area contributed by atoms with Crippen LogP contribution >= 0.6 is 0 Å². The lowest BCUT2D eigenvalue weighted by Crippen LogP contribution is -2.37. The zero-order valence-electron chi connectivity index (χ0n) is 8.43. The first-order chi connectivity index (χ1) is 6.89. The predicted octanol–water partition coefficient (Wildman–Crippen LogP) is -0.868. The van der Waals surface area contributed by atoms with Gasteiger partial charge in [-0.25, -0.2) is 0 Å². The van der Waals surface area contributed by atoms with Gasteiger partial charge < -0.3 is 20.6 Å². The summed E-state index contributed by atoms with van der Waals surface area (Å²) in [6, 6.07) is 0. The van der Waals surface area contributed by atoms with E-state index in [0.717, 1.165) is 0 Å². The molecule has 1 aliphatic carbocycles. The fourth-order valence-corrected chi connectivity index (χ4v) is 2.18. The standard InChI is InChI=1S/C9H15NO5/c1-10-4-9(15)2-5(7(11)12)6(3-9)8(13)14/h5-6,10,15H,2-4H2,1H3,(H,11,12)(H,13,14). The van der Waals surface area contributed by atoms with Crippen molar-refractivity contribution in [2.24, 2.45) is 11.8 Å². The largest absolute Gasteiger partial charge is 0.481 e. The second kappa shape index (κ2) is 4.16. The Kier molecular flexibility index (Phi) is 3.31. The maximum atomic E-state index is 10.8. The average molecular weight is 217 g/mol. The Bertz CT molecular complexity index is 256. The molecule has 0 amide bonds. The molecule has 0 aliphatic heterocycles. The molecule has 1 saturated carbocycles. The van der Waals surface area contributed by atoms with Gasteiger partial charge in [-0.2, -0.15) is 0 Å². The van der Waals surface area contributed by atoms with Crippen LogP contribution in [0.1, 0.15) is 12.8 Å². The highest BCUT2D eigenvalue weighted by Crippen LogP contribution is 2.39. The first-order valence-electron chi connectivity index (χ1n) is 4.72. The summed E-state index contributed by atoms with van der Waals surface area (Å²) in [4.78, 5) is 21.6. The quantitative estimate of drug-likeness (QED) is 0.488. The summed E-state index contributed by atoms with van der Waals surface area (Å²) in [7, 11) is 1.63. The van der Waals surface area contributed by atoms with Crippen molar-refractivity contribution < 1.29 is 24.9 Å². The van der Waals surface area contributed by atoms with Gasteiger partial charge in [-0.15, -0.1) is 0 Å². The molecule has 86 valence electrons. The number of carboxylic acid groups (broad SMARTS) is 2. The van der Waals surface area contributed by atoms with Crippen molar-refractivity contribution in [3.05, 3.63) is 0 Å². The molecule has 0 saturated heterocycles. The lowest BCUT2D eigenvalue weighted by Gasteiger charge is -2.21. The Morgan fingerprint density at radius 1 is 1.27 bits per heavy atom. The number of nitrogens with one attached hydrogen (secondary N) is 1. The highest BCUT2D eigenvalue weighted by atomic mass is 16.4. The summed E-state index contributed by atoms with van der Waals surface area (Å²) >= 11 is 0. The fourth-order valence-electron chi connectivity index (χ4n) is 2.18. The van der Waals surface area contributed by atoms with Crippen LogP contribution in [0, 0.1) is 11.8 Å². The van der Waals surface area contributed by atoms with E-state index in [1.165, 1.54) is 0 Å². The van der Waals surface area contributed by atoms with Gasteiger partial charge in [-0.3, -0.25) is 9.59 Å². The van der Waals surface area contributed by atoms with E-state index in [2.05, 4.69) is 5.32 Å². The molecule has 0 bridgehead atoms. The summed E-state index contributed by atoms with van der Waals surface area (Å²) in [5.41, 5.74) is -1.22. The predicted molar refractivity (Wildman–Crippen MR) is 50.4 cm³/mol. The summed E-state index contributed by atoms with van der Waals surface area (Å²) in [5, 5.41) is 30.4. The SMILES string of the molecule is CNCC1(O)CC(C(=O)O)C(C(=O)O)C1. The van der Waals surface area contributed by atoms with E-state index in [1.807, 2.05) is 0 Å². The Labute approximate surface area is 86.9 Å². The number of carboxylic acids is 2. The molecule has 6 nitrogen and oxygen atoms in total. The maximum Gasteiger partial charge on any atom is 0.307 e. The number of carbonyl (C=O) groups is 2. The molecule has 1 fully saturated rings. The van der Waals surface area contributed by atoms with Crippen molar-refractivity contribution in [2.45, 2.75) is 18.4 Å². The fraction of sp³-hybridized carbons (Fsp3) is 0.778. The summed E-state index contributed by atoms with van der Waals surface area (Å²) < 4.78 is 0. The number of hydrogen-bond donors (Lipinski definition) is 4. The number of aliphatic hydroxyl groups is 1. The Hall–Kier alpha value is -1.14. The van der Waals surface area contributed by atoms with Crippen LogP contribution in [0.5, 0.6) is 0 Å². The van der Waals surface area contributed by atoms with E-state index in [0.29, 0.717) is 0 Å². The molecule has 0 aromatic carbocycles. The third kappa shape index (κ3) is 2.45. The number of likely N-dealkylation sites (N-methyl/N-ethyl adjacent to an activating group) is 1. The molecule has 0 radical (unpaired) electrons. The molecule has 0 spiro atoms. The Morgan fingerprint density at radius 2 is 1.67 bits per heavy atom. The normalized spacial score (nSPS) is 35.3.